The summed E-state index contributed by atoms with van der Waals surface area (Å²) in [7, 11) is 0. The van der Waals surface area contributed by atoms with Crippen LogP contribution in [0.2, 0.25) is 0 Å². The van der Waals surface area contributed by atoms with Crippen LogP contribution < -0.4 is 5.73 Å². The first-order chi connectivity index (χ1) is 9.72. The lowest BCUT2D eigenvalue weighted by molar-refractivity contribution is 0.354. The van der Waals surface area contributed by atoms with Crippen molar-refractivity contribution in [2.45, 2.75) is 12.5 Å². The van der Waals surface area contributed by atoms with Crippen LogP contribution in [-0.4, -0.2) is 15.2 Å². The summed E-state index contributed by atoms with van der Waals surface area (Å²) in [5.41, 5.74) is 7.08. The molecule has 0 bridgehead atoms. The summed E-state index contributed by atoms with van der Waals surface area (Å²) < 4.78 is 5.22. The Morgan fingerprint density at radius 3 is 2.75 bits per heavy atom. The van der Waals surface area contributed by atoms with Crippen LogP contribution >= 0.6 is 11.3 Å². The smallest absolute Gasteiger partial charge is 0.244 e. The van der Waals surface area contributed by atoms with Crippen molar-refractivity contribution >= 4 is 11.3 Å². The molecule has 0 unspecified atom stereocenters. The van der Waals surface area contributed by atoms with E-state index in [0.717, 1.165) is 10.4 Å². The van der Waals surface area contributed by atoms with Crippen molar-refractivity contribution in [3.05, 3.63) is 53.2 Å². The van der Waals surface area contributed by atoms with Crippen molar-refractivity contribution in [1.82, 2.24) is 10.1 Å². The van der Waals surface area contributed by atoms with Crippen LogP contribution in [0.25, 0.3) is 10.7 Å². The number of phenolic OH excluding ortho intramolecular Hbond substituents is 1. The van der Waals surface area contributed by atoms with Crippen molar-refractivity contribution in [2.24, 2.45) is 5.73 Å². The quantitative estimate of drug-likeness (QED) is 0.770. The van der Waals surface area contributed by atoms with Gasteiger partial charge in [0.15, 0.2) is 0 Å². The van der Waals surface area contributed by atoms with Gasteiger partial charge in [0.05, 0.1) is 10.9 Å². The van der Waals surface area contributed by atoms with E-state index in [2.05, 4.69) is 10.1 Å². The lowest BCUT2D eigenvalue weighted by Gasteiger charge is -2.06. The third-order valence-electron chi connectivity index (χ3n) is 2.89. The zero-order valence-corrected chi connectivity index (χ0v) is 11.4. The summed E-state index contributed by atoms with van der Waals surface area (Å²) >= 11 is 1.55. The van der Waals surface area contributed by atoms with Crippen LogP contribution in [0.5, 0.6) is 5.75 Å². The zero-order chi connectivity index (χ0) is 13.9. The molecule has 1 atom stereocenters. The predicted molar refractivity (Wildman–Crippen MR) is 76.4 cm³/mol. The number of hydrogen-bond acceptors (Lipinski definition) is 6. The summed E-state index contributed by atoms with van der Waals surface area (Å²) in [6.45, 7) is 0. The van der Waals surface area contributed by atoms with Crippen LogP contribution in [0.15, 0.2) is 46.3 Å². The number of nitrogens with two attached hydrogens (primary N) is 1. The van der Waals surface area contributed by atoms with Gasteiger partial charge < -0.3 is 15.4 Å². The largest absolute Gasteiger partial charge is 0.508 e. The van der Waals surface area contributed by atoms with Crippen molar-refractivity contribution < 1.29 is 9.63 Å². The minimum Gasteiger partial charge on any atom is -0.508 e. The summed E-state index contributed by atoms with van der Waals surface area (Å²) in [6, 6.07) is 10.4. The van der Waals surface area contributed by atoms with E-state index in [4.69, 9.17) is 10.3 Å². The van der Waals surface area contributed by atoms with Gasteiger partial charge in [0, 0.05) is 0 Å². The molecule has 6 heteroatoms. The average Bonchev–Trinajstić information content (AvgIpc) is 3.11. The molecule has 0 spiro atoms. The van der Waals surface area contributed by atoms with Gasteiger partial charge in [-0.3, -0.25) is 0 Å². The van der Waals surface area contributed by atoms with Gasteiger partial charge in [0.1, 0.15) is 5.75 Å². The Balaban J connectivity index is 1.74. The molecule has 0 aliphatic carbocycles. The maximum Gasteiger partial charge on any atom is 0.244 e. The number of thiophene rings is 1. The highest BCUT2D eigenvalue weighted by Crippen LogP contribution is 2.23. The Labute approximate surface area is 119 Å². The minimum absolute atomic E-state index is 0.236. The predicted octanol–water partition coefficient (Wildman–Crippen LogP) is 2.75. The van der Waals surface area contributed by atoms with Crippen molar-refractivity contribution in [2.75, 3.05) is 0 Å². The normalized spacial score (nSPS) is 12.4. The van der Waals surface area contributed by atoms with E-state index in [1.807, 2.05) is 29.6 Å². The fraction of sp³-hybridized carbons (Fsp3) is 0.143. The molecule has 3 aromatic rings. The number of hydrogen-bond donors (Lipinski definition) is 2. The molecule has 0 saturated carbocycles. The molecular formula is C14H13N3O2S. The van der Waals surface area contributed by atoms with Gasteiger partial charge in [-0.15, -0.1) is 11.3 Å². The molecule has 0 aliphatic heterocycles. The van der Waals surface area contributed by atoms with Crippen molar-refractivity contribution in [1.29, 1.82) is 0 Å². The maximum absolute atomic E-state index is 9.25. The van der Waals surface area contributed by atoms with Crippen LogP contribution in [-0.2, 0) is 6.42 Å². The molecule has 20 heavy (non-hydrogen) atoms. The second-order valence-electron chi connectivity index (χ2n) is 4.41. The molecule has 3 rings (SSSR count). The molecule has 1 aromatic carbocycles. The number of phenols is 1. The molecule has 0 amide bonds. The van der Waals surface area contributed by atoms with Gasteiger partial charge >= 0.3 is 0 Å². The first-order valence-electron chi connectivity index (χ1n) is 6.13. The molecular weight excluding hydrogens is 274 g/mol. The minimum atomic E-state index is -0.360. The molecule has 3 N–H and O–H groups in total. The maximum atomic E-state index is 9.25. The number of nitrogens with zero attached hydrogens (tertiary/aromatic N) is 2. The summed E-state index contributed by atoms with van der Waals surface area (Å²) in [5.74, 6) is 1.22. The van der Waals surface area contributed by atoms with Gasteiger partial charge in [-0.2, -0.15) is 4.98 Å². The topological polar surface area (TPSA) is 85.2 Å². The van der Waals surface area contributed by atoms with Gasteiger partial charge in [-0.25, -0.2) is 0 Å². The molecule has 2 heterocycles. The molecule has 5 nitrogen and oxygen atoms in total. The number of aromatic hydroxyl groups is 1. The van der Waals surface area contributed by atoms with Crippen LogP contribution in [0.4, 0.5) is 0 Å². The number of rotatable bonds is 4. The summed E-state index contributed by atoms with van der Waals surface area (Å²) in [5, 5.41) is 15.1. The van der Waals surface area contributed by atoms with E-state index in [9.17, 15) is 5.11 Å². The molecule has 0 saturated heterocycles. The van der Waals surface area contributed by atoms with E-state index in [1.54, 1.807) is 23.5 Å². The van der Waals surface area contributed by atoms with Gasteiger partial charge in [-0.1, -0.05) is 23.4 Å². The SMILES string of the molecule is N[C@@H](Cc1ccc(O)cc1)c1nc(-c2cccs2)no1. The van der Waals surface area contributed by atoms with E-state index >= 15 is 0 Å². The Hall–Kier alpha value is -2.18. The molecule has 0 fully saturated rings. The second-order valence-corrected chi connectivity index (χ2v) is 5.36. The average molecular weight is 287 g/mol. The monoisotopic (exact) mass is 287 g/mol. The van der Waals surface area contributed by atoms with E-state index < -0.39 is 0 Å². The third kappa shape index (κ3) is 2.71. The van der Waals surface area contributed by atoms with Crippen molar-refractivity contribution in [3.8, 4) is 16.5 Å². The highest BCUT2D eigenvalue weighted by atomic mass is 32.1. The zero-order valence-electron chi connectivity index (χ0n) is 10.6. The van der Waals surface area contributed by atoms with E-state index in [1.165, 1.54) is 0 Å². The van der Waals surface area contributed by atoms with E-state index in [0.29, 0.717) is 18.1 Å². The fourth-order valence-corrected chi connectivity index (χ4v) is 2.51. The molecule has 0 radical (unpaired) electrons. The Morgan fingerprint density at radius 1 is 1.25 bits per heavy atom. The lowest BCUT2D eigenvalue weighted by atomic mass is 10.1. The number of benzene rings is 1. The Bertz CT molecular complexity index is 677. The standard InChI is InChI=1S/C14H13N3O2S/c15-11(8-9-3-5-10(18)6-4-9)14-16-13(17-19-14)12-2-1-7-20-12/h1-7,11,18H,8,15H2/t11-/m0/s1. The molecule has 2 aromatic heterocycles. The Morgan fingerprint density at radius 2 is 2.05 bits per heavy atom. The number of aromatic nitrogens is 2. The highest BCUT2D eigenvalue weighted by Gasteiger charge is 2.16. The molecule has 0 aliphatic rings. The van der Waals surface area contributed by atoms with Crippen LogP contribution in [0.1, 0.15) is 17.5 Å². The Kier molecular flexibility index (Phi) is 3.49. The summed E-state index contributed by atoms with van der Waals surface area (Å²) in [4.78, 5) is 5.28. The van der Waals surface area contributed by atoms with Gasteiger partial charge in [-0.05, 0) is 35.6 Å². The third-order valence-corrected chi connectivity index (χ3v) is 3.76. The fourth-order valence-electron chi connectivity index (χ4n) is 1.86. The van der Waals surface area contributed by atoms with Gasteiger partial charge in [0.25, 0.3) is 0 Å². The van der Waals surface area contributed by atoms with Gasteiger partial charge in [0.2, 0.25) is 11.7 Å². The van der Waals surface area contributed by atoms with Crippen LogP contribution in [0.3, 0.4) is 0 Å². The summed E-state index contributed by atoms with van der Waals surface area (Å²) in [6.07, 6.45) is 0.576. The molecule has 102 valence electrons. The first-order valence-corrected chi connectivity index (χ1v) is 7.01. The van der Waals surface area contributed by atoms with Crippen molar-refractivity contribution in [3.63, 3.8) is 0 Å². The first kappa shape index (κ1) is 12.8. The van der Waals surface area contributed by atoms with Crippen LogP contribution in [0, 0.1) is 0 Å². The van der Waals surface area contributed by atoms with E-state index in [-0.39, 0.29) is 11.8 Å². The highest BCUT2D eigenvalue weighted by molar-refractivity contribution is 7.13. The second kappa shape index (κ2) is 5.44. The lowest BCUT2D eigenvalue weighted by Crippen LogP contribution is -2.13.